The van der Waals surface area contributed by atoms with Gasteiger partial charge in [0.15, 0.2) is 5.54 Å². The Morgan fingerprint density at radius 3 is 2.12 bits per heavy atom. The molecule has 1 heterocycles. The van der Waals surface area contributed by atoms with Crippen molar-refractivity contribution >= 4 is 11.9 Å². The van der Waals surface area contributed by atoms with Crippen LogP contribution in [0.1, 0.15) is 41.4 Å². The molecule has 4 aliphatic carbocycles. The predicted octanol–water partition coefficient (Wildman–Crippen LogP) is 3.61. The molecule has 1 spiro atoms. The molecule has 7 heteroatoms. The molecule has 2 aromatic carbocycles. The lowest BCUT2D eigenvalue weighted by Crippen LogP contribution is -2.84. The lowest BCUT2D eigenvalue weighted by molar-refractivity contribution is -0.206. The van der Waals surface area contributed by atoms with Crippen molar-refractivity contribution in [1.82, 2.24) is 5.01 Å². The fraction of sp³-hybridized carbons (Fsp3) is 0.462. The Bertz CT molecular complexity index is 1230. The van der Waals surface area contributed by atoms with E-state index in [0.717, 1.165) is 18.4 Å². The number of benzene rings is 2. The molecule has 3 fully saturated rings. The molecule has 2 bridgehead atoms. The van der Waals surface area contributed by atoms with Gasteiger partial charge in [-0.2, -0.15) is 0 Å². The second kappa shape index (κ2) is 6.01. The monoisotopic (exact) mass is 443 g/mol. The van der Waals surface area contributed by atoms with Gasteiger partial charge in [0, 0.05) is 11.8 Å². The van der Waals surface area contributed by atoms with Crippen molar-refractivity contribution in [3.05, 3.63) is 71.3 Å². The van der Waals surface area contributed by atoms with Gasteiger partial charge in [0.25, 0.3) is 0 Å². The van der Waals surface area contributed by atoms with Crippen LogP contribution in [0.25, 0.3) is 0 Å². The minimum absolute atomic E-state index is 0.0966. The van der Waals surface area contributed by atoms with Crippen molar-refractivity contribution in [1.29, 1.82) is 0 Å². The molecule has 168 valence electrons. The number of carbonyl (C=O) groups excluding carboxylic acids is 2. The van der Waals surface area contributed by atoms with Crippen LogP contribution in [0.2, 0.25) is 0 Å². The molecule has 0 radical (unpaired) electrons. The molecule has 33 heavy (non-hydrogen) atoms. The number of ether oxygens (including phenoxy) is 2. The number of hydrogen-bond donors (Lipinski definition) is 0. The number of esters is 2. The van der Waals surface area contributed by atoms with Gasteiger partial charge in [-0.15, -0.1) is 5.11 Å². The minimum atomic E-state index is -1.39. The molecule has 7 nitrogen and oxygen atoms in total. The van der Waals surface area contributed by atoms with E-state index >= 15 is 0 Å². The summed E-state index contributed by atoms with van der Waals surface area (Å²) in [6, 6.07) is 18.4. The zero-order valence-corrected chi connectivity index (χ0v) is 18.6. The Morgan fingerprint density at radius 2 is 1.52 bits per heavy atom. The first-order valence-electron chi connectivity index (χ1n) is 11.6. The first kappa shape index (κ1) is 19.3. The minimum Gasteiger partial charge on any atom is -0.467 e. The molecule has 0 unspecified atom stereocenters. The maximum absolute atomic E-state index is 13.8. The molecule has 7 rings (SSSR count). The van der Waals surface area contributed by atoms with E-state index in [1.807, 2.05) is 30.3 Å². The molecule has 1 aliphatic heterocycles. The zero-order chi connectivity index (χ0) is 22.6. The molecule has 0 amide bonds. The Kier molecular flexibility index (Phi) is 3.51. The summed E-state index contributed by atoms with van der Waals surface area (Å²) in [6.07, 6.45) is 2.21. The molecular formula is C26H25N3O4. The van der Waals surface area contributed by atoms with E-state index in [0.29, 0.717) is 6.54 Å². The average Bonchev–Trinajstić information content (AvgIpc) is 3.46. The number of fused-ring (bicyclic) bond motifs is 9. The molecule has 2 aromatic rings. The Balaban J connectivity index is 1.45. The van der Waals surface area contributed by atoms with E-state index in [9.17, 15) is 9.59 Å². The molecule has 0 aromatic heterocycles. The quantitative estimate of drug-likeness (QED) is 0.533. The molecular weight excluding hydrogens is 418 g/mol. The fourth-order valence-electron chi connectivity index (χ4n) is 8.25. The van der Waals surface area contributed by atoms with E-state index < -0.39 is 23.0 Å². The highest BCUT2D eigenvalue weighted by atomic mass is 16.5. The van der Waals surface area contributed by atoms with Gasteiger partial charge in [0.05, 0.1) is 20.8 Å². The van der Waals surface area contributed by atoms with Crippen molar-refractivity contribution in [3.8, 4) is 0 Å². The van der Waals surface area contributed by atoms with E-state index in [4.69, 9.17) is 9.47 Å². The second-order valence-corrected chi connectivity index (χ2v) is 10.1. The predicted molar refractivity (Wildman–Crippen MR) is 117 cm³/mol. The number of hydrogen-bond acceptors (Lipinski definition) is 7. The first-order chi connectivity index (χ1) is 16.1. The second-order valence-electron chi connectivity index (χ2n) is 10.1. The van der Waals surface area contributed by atoms with Gasteiger partial charge in [-0.25, -0.2) is 9.59 Å². The van der Waals surface area contributed by atoms with E-state index in [2.05, 4.69) is 34.6 Å². The molecule has 0 N–H and O–H groups in total. The molecule has 6 atom stereocenters. The zero-order valence-electron chi connectivity index (χ0n) is 18.6. The van der Waals surface area contributed by atoms with Crippen molar-refractivity contribution in [3.63, 3.8) is 0 Å². The fourth-order valence-corrected chi connectivity index (χ4v) is 8.25. The van der Waals surface area contributed by atoms with E-state index in [1.165, 1.54) is 25.3 Å². The van der Waals surface area contributed by atoms with Crippen LogP contribution >= 0.6 is 0 Å². The van der Waals surface area contributed by atoms with Gasteiger partial charge >= 0.3 is 11.9 Å². The summed E-state index contributed by atoms with van der Waals surface area (Å²) in [4.78, 5) is 27.4. The normalized spacial score (nSPS) is 37.2. The summed E-state index contributed by atoms with van der Waals surface area (Å²) >= 11 is 0. The summed E-state index contributed by atoms with van der Waals surface area (Å²) in [6.45, 7) is 0.368. The van der Waals surface area contributed by atoms with Gasteiger partial charge in [0.2, 0.25) is 5.54 Å². The SMILES string of the molecule is COC(=O)[C@@]12[C@@H]3[C@@H]([C@H]4c5ccccc5[C@@H]3C43CC3)[C@]1(C(=O)OC)N=NN2Cc1ccccc1. The molecule has 5 aliphatic rings. The summed E-state index contributed by atoms with van der Waals surface area (Å²) in [5.74, 6) is -0.815. The summed E-state index contributed by atoms with van der Waals surface area (Å²) < 4.78 is 10.8. The topological polar surface area (TPSA) is 80.6 Å². The third kappa shape index (κ3) is 1.84. The first-order valence-corrected chi connectivity index (χ1v) is 11.6. The number of carbonyl (C=O) groups is 2. The smallest absolute Gasteiger partial charge is 0.339 e. The van der Waals surface area contributed by atoms with Gasteiger partial charge in [-0.05, 0) is 46.8 Å². The summed E-state index contributed by atoms with van der Waals surface area (Å²) in [5.41, 5.74) is 1.01. The largest absolute Gasteiger partial charge is 0.467 e. The Hall–Kier alpha value is -3.22. The maximum atomic E-state index is 13.8. The highest BCUT2D eigenvalue weighted by molar-refractivity contribution is 6.00. The van der Waals surface area contributed by atoms with Crippen LogP contribution in [0.3, 0.4) is 0 Å². The molecule has 3 saturated carbocycles. The maximum Gasteiger partial charge on any atom is 0.339 e. The van der Waals surface area contributed by atoms with Crippen LogP contribution in [-0.4, -0.2) is 42.2 Å². The van der Waals surface area contributed by atoms with Crippen molar-refractivity contribution in [2.45, 2.75) is 42.3 Å². The molecule has 0 saturated heterocycles. The Morgan fingerprint density at radius 1 is 0.909 bits per heavy atom. The van der Waals surface area contributed by atoms with Crippen molar-refractivity contribution in [2.24, 2.45) is 27.6 Å². The summed E-state index contributed by atoms with van der Waals surface area (Å²) in [5, 5.41) is 10.9. The van der Waals surface area contributed by atoms with Crippen LogP contribution in [0.4, 0.5) is 0 Å². The van der Waals surface area contributed by atoms with Crippen LogP contribution in [0.5, 0.6) is 0 Å². The Labute approximate surface area is 191 Å². The van der Waals surface area contributed by atoms with Gasteiger partial charge in [-0.1, -0.05) is 59.8 Å². The summed E-state index contributed by atoms with van der Waals surface area (Å²) in [7, 11) is 2.76. The van der Waals surface area contributed by atoms with Crippen LogP contribution in [-0.2, 0) is 25.6 Å². The van der Waals surface area contributed by atoms with Gasteiger partial charge in [-0.3, -0.25) is 5.01 Å². The van der Waals surface area contributed by atoms with Crippen molar-refractivity contribution < 1.29 is 19.1 Å². The number of rotatable bonds is 4. The third-order valence-electron chi connectivity index (χ3n) is 9.27. The van der Waals surface area contributed by atoms with Gasteiger partial charge in [0.1, 0.15) is 0 Å². The third-order valence-corrected chi connectivity index (χ3v) is 9.27. The van der Waals surface area contributed by atoms with Crippen LogP contribution in [0.15, 0.2) is 64.9 Å². The lowest BCUT2D eigenvalue weighted by atomic mass is 9.42. The number of methoxy groups -OCH3 is 2. The van der Waals surface area contributed by atoms with Crippen LogP contribution in [0, 0.1) is 17.3 Å². The van der Waals surface area contributed by atoms with Crippen molar-refractivity contribution in [2.75, 3.05) is 14.2 Å². The highest BCUT2D eigenvalue weighted by Gasteiger charge is 2.95. The van der Waals surface area contributed by atoms with Crippen LogP contribution < -0.4 is 0 Å². The van der Waals surface area contributed by atoms with E-state index in [-0.39, 0.29) is 29.1 Å². The standard InChI is InChI=1S/C26H25N3O4/c1-32-22(30)25-20-18-16-10-6-7-11-17(16)19(24(18)12-13-24)21(20)26(25,23(31)33-2)29(28-27-25)14-15-8-4-3-5-9-15/h3-11,18-21H,12-14H2,1-2H3/t18-,19+,20-,21+,25-,26+/m1/s1. The highest BCUT2D eigenvalue weighted by Crippen LogP contribution is 2.88. The van der Waals surface area contributed by atoms with E-state index in [1.54, 1.807) is 5.01 Å². The lowest BCUT2D eigenvalue weighted by Gasteiger charge is -2.62. The average molecular weight is 444 g/mol. The van der Waals surface area contributed by atoms with Gasteiger partial charge < -0.3 is 9.47 Å². The number of nitrogens with zero attached hydrogens (tertiary/aromatic N) is 3.